The van der Waals surface area contributed by atoms with Crippen molar-refractivity contribution in [3.63, 3.8) is 0 Å². The molecule has 0 amide bonds. The van der Waals surface area contributed by atoms with Gasteiger partial charge in [-0.1, -0.05) is 41.9 Å². The van der Waals surface area contributed by atoms with Gasteiger partial charge in [-0.3, -0.25) is 0 Å². The normalized spacial score (nSPS) is 11.1. The molecule has 0 aliphatic heterocycles. The molecular weight excluding hydrogens is 318 g/mol. The van der Waals surface area contributed by atoms with Crippen molar-refractivity contribution in [1.29, 1.82) is 0 Å². The van der Waals surface area contributed by atoms with Gasteiger partial charge in [-0.15, -0.1) is 10.2 Å². The smallest absolute Gasteiger partial charge is 0.159 e. The molecule has 1 N–H and O–H groups in total. The standard InChI is InChI=1S/C20H16ClN3/c1-12-7-8-14(9-13(12)2)19-10-16(20(21)24-23-19)17-11-22-18-6-4-3-5-15(17)18/h3-11,22H,1-2H3. The number of hydrogen-bond donors (Lipinski definition) is 1. The Morgan fingerprint density at radius 2 is 1.71 bits per heavy atom. The van der Waals surface area contributed by atoms with Crippen molar-refractivity contribution < 1.29 is 0 Å². The molecule has 0 bridgehead atoms. The zero-order valence-electron chi connectivity index (χ0n) is 13.5. The van der Waals surface area contributed by atoms with Gasteiger partial charge in [0, 0.05) is 33.8 Å². The SMILES string of the molecule is Cc1ccc(-c2cc(-c3c[nH]c4ccccc34)c(Cl)nn2)cc1C. The summed E-state index contributed by atoms with van der Waals surface area (Å²) in [5.74, 6) is 0. The maximum atomic E-state index is 6.34. The quantitative estimate of drug-likeness (QED) is 0.521. The van der Waals surface area contributed by atoms with Gasteiger partial charge >= 0.3 is 0 Å². The van der Waals surface area contributed by atoms with Gasteiger partial charge in [0.05, 0.1) is 5.69 Å². The van der Waals surface area contributed by atoms with E-state index in [0.29, 0.717) is 5.15 Å². The molecule has 3 nitrogen and oxygen atoms in total. The molecule has 0 saturated heterocycles. The molecule has 118 valence electrons. The summed E-state index contributed by atoms with van der Waals surface area (Å²) in [5.41, 5.74) is 7.36. The van der Waals surface area contributed by atoms with Crippen molar-refractivity contribution in [2.45, 2.75) is 13.8 Å². The first-order chi connectivity index (χ1) is 11.6. The monoisotopic (exact) mass is 333 g/mol. The van der Waals surface area contributed by atoms with Crippen LogP contribution < -0.4 is 0 Å². The number of fused-ring (bicyclic) bond motifs is 1. The van der Waals surface area contributed by atoms with E-state index in [9.17, 15) is 0 Å². The van der Waals surface area contributed by atoms with Gasteiger partial charge in [0.25, 0.3) is 0 Å². The molecule has 0 fully saturated rings. The molecule has 2 aromatic carbocycles. The maximum Gasteiger partial charge on any atom is 0.159 e. The predicted molar refractivity (Wildman–Crippen MR) is 99.2 cm³/mol. The van der Waals surface area contributed by atoms with Gasteiger partial charge in [0.2, 0.25) is 0 Å². The third-order valence-electron chi connectivity index (χ3n) is 4.43. The first-order valence-corrected chi connectivity index (χ1v) is 8.18. The van der Waals surface area contributed by atoms with Gasteiger partial charge in [-0.2, -0.15) is 0 Å². The molecular formula is C20H16ClN3. The van der Waals surface area contributed by atoms with E-state index in [1.165, 1.54) is 11.1 Å². The van der Waals surface area contributed by atoms with Crippen LogP contribution in [0, 0.1) is 13.8 Å². The second-order valence-electron chi connectivity index (χ2n) is 5.98. The summed E-state index contributed by atoms with van der Waals surface area (Å²) in [7, 11) is 0. The number of nitrogens with zero attached hydrogens (tertiary/aromatic N) is 2. The number of para-hydroxylation sites is 1. The highest BCUT2D eigenvalue weighted by Crippen LogP contribution is 2.34. The summed E-state index contributed by atoms with van der Waals surface area (Å²) in [4.78, 5) is 3.28. The number of H-pyrrole nitrogens is 1. The minimum absolute atomic E-state index is 0.410. The zero-order valence-corrected chi connectivity index (χ0v) is 14.2. The lowest BCUT2D eigenvalue weighted by Gasteiger charge is -2.07. The second-order valence-corrected chi connectivity index (χ2v) is 6.34. The number of hydrogen-bond acceptors (Lipinski definition) is 2. The van der Waals surface area contributed by atoms with Crippen LogP contribution in [0.2, 0.25) is 5.15 Å². The fraction of sp³-hybridized carbons (Fsp3) is 0.100. The van der Waals surface area contributed by atoms with Gasteiger partial charge in [-0.05, 0) is 43.2 Å². The van der Waals surface area contributed by atoms with Gasteiger partial charge in [0.15, 0.2) is 5.15 Å². The summed E-state index contributed by atoms with van der Waals surface area (Å²) in [6, 6.07) is 16.5. The largest absolute Gasteiger partial charge is 0.361 e. The van der Waals surface area contributed by atoms with Crippen LogP contribution >= 0.6 is 11.6 Å². The summed E-state index contributed by atoms with van der Waals surface area (Å²) < 4.78 is 0. The Morgan fingerprint density at radius 3 is 2.54 bits per heavy atom. The Bertz CT molecular complexity index is 1050. The molecule has 0 atom stereocenters. The van der Waals surface area contributed by atoms with Gasteiger partial charge < -0.3 is 4.98 Å². The number of rotatable bonds is 2. The molecule has 2 aromatic heterocycles. The molecule has 2 heterocycles. The number of halogens is 1. The Balaban J connectivity index is 1.89. The third kappa shape index (κ3) is 2.47. The lowest BCUT2D eigenvalue weighted by molar-refractivity contribution is 1.04. The highest BCUT2D eigenvalue weighted by Gasteiger charge is 2.13. The highest BCUT2D eigenvalue weighted by molar-refractivity contribution is 6.32. The van der Waals surface area contributed by atoms with Crippen molar-refractivity contribution in [2.24, 2.45) is 0 Å². The summed E-state index contributed by atoms with van der Waals surface area (Å²) in [5, 5.41) is 9.98. The van der Waals surface area contributed by atoms with Crippen molar-refractivity contribution in [3.05, 3.63) is 71.0 Å². The Hall–Kier alpha value is -2.65. The van der Waals surface area contributed by atoms with Crippen molar-refractivity contribution >= 4 is 22.5 Å². The van der Waals surface area contributed by atoms with Crippen LogP contribution in [0.25, 0.3) is 33.3 Å². The molecule has 4 heteroatoms. The first kappa shape index (κ1) is 14.9. The Kier molecular flexibility index (Phi) is 3.58. The lowest BCUT2D eigenvalue weighted by atomic mass is 10.0. The second kappa shape index (κ2) is 5.77. The number of aromatic amines is 1. The maximum absolute atomic E-state index is 6.34. The summed E-state index contributed by atoms with van der Waals surface area (Å²) >= 11 is 6.34. The van der Waals surface area contributed by atoms with E-state index in [2.05, 4.69) is 53.3 Å². The topological polar surface area (TPSA) is 41.6 Å². The average molecular weight is 334 g/mol. The minimum Gasteiger partial charge on any atom is -0.361 e. The molecule has 0 radical (unpaired) electrons. The van der Waals surface area contributed by atoms with Gasteiger partial charge in [-0.25, -0.2) is 0 Å². The number of aromatic nitrogens is 3. The van der Waals surface area contributed by atoms with E-state index in [1.807, 2.05) is 30.5 Å². The van der Waals surface area contributed by atoms with Crippen LogP contribution in [0.1, 0.15) is 11.1 Å². The molecule has 4 aromatic rings. The summed E-state index contributed by atoms with van der Waals surface area (Å²) in [6.45, 7) is 4.20. The minimum atomic E-state index is 0.410. The molecule has 0 spiro atoms. The summed E-state index contributed by atoms with van der Waals surface area (Å²) in [6.07, 6.45) is 1.97. The van der Waals surface area contributed by atoms with Crippen LogP contribution in [0.3, 0.4) is 0 Å². The lowest BCUT2D eigenvalue weighted by Crippen LogP contribution is -1.92. The zero-order chi connectivity index (χ0) is 16.7. The van der Waals surface area contributed by atoms with Crippen molar-refractivity contribution in [1.82, 2.24) is 15.2 Å². The van der Waals surface area contributed by atoms with Crippen LogP contribution in [0.5, 0.6) is 0 Å². The van der Waals surface area contributed by atoms with Crippen molar-refractivity contribution in [2.75, 3.05) is 0 Å². The molecule has 0 aliphatic carbocycles. The Morgan fingerprint density at radius 1 is 0.875 bits per heavy atom. The molecule has 24 heavy (non-hydrogen) atoms. The molecule has 0 aliphatic rings. The third-order valence-corrected chi connectivity index (χ3v) is 4.71. The number of benzene rings is 2. The fourth-order valence-corrected chi connectivity index (χ4v) is 3.10. The van der Waals surface area contributed by atoms with E-state index >= 15 is 0 Å². The van der Waals surface area contributed by atoms with E-state index < -0.39 is 0 Å². The van der Waals surface area contributed by atoms with Crippen LogP contribution in [-0.4, -0.2) is 15.2 Å². The number of nitrogens with one attached hydrogen (secondary N) is 1. The van der Waals surface area contributed by atoms with Crippen LogP contribution in [0.4, 0.5) is 0 Å². The van der Waals surface area contributed by atoms with Crippen LogP contribution in [0.15, 0.2) is 54.7 Å². The first-order valence-electron chi connectivity index (χ1n) is 7.81. The van der Waals surface area contributed by atoms with Gasteiger partial charge in [0.1, 0.15) is 0 Å². The molecule has 4 rings (SSSR count). The molecule has 0 saturated carbocycles. The van der Waals surface area contributed by atoms with E-state index in [0.717, 1.165) is 33.3 Å². The predicted octanol–water partition coefficient (Wildman–Crippen LogP) is 5.56. The average Bonchev–Trinajstić information content (AvgIpc) is 3.02. The molecule has 0 unspecified atom stereocenters. The Labute approximate surface area is 145 Å². The van der Waals surface area contributed by atoms with E-state index in [4.69, 9.17) is 11.6 Å². The highest BCUT2D eigenvalue weighted by atomic mass is 35.5. The van der Waals surface area contributed by atoms with E-state index in [-0.39, 0.29) is 0 Å². The fourth-order valence-electron chi connectivity index (χ4n) is 2.90. The van der Waals surface area contributed by atoms with Crippen LogP contribution in [-0.2, 0) is 0 Å². The van der Waals surface area contributed by atoms with Crippen molar-refractivity contribution in [3.8, 4) is 22.4 Å². The van der Waals surface area contributed by atoms with E-state index in [1.54, 1.807) is 0 Å². The number of aryl methyl sites for hydroxylation is 2.